The molecule has 6 heteroatoms. The smallest absolute Gasteiger partial charge is 0.339 e. The lowest BCUT2D eigenvalue weighted by Crippen LogP contribution is -2.53. The molecule has 4 saturated carbocycles. The minimum Gasteiger partial charge on any atom is -0.478 e. The summed E-state index contributed by atoms with van der Waals surface area (Å²) in [6.07, 6.45) is 15.7. The number of aromatic carboxylic acids is 1. The predicted molar refractivity (Wildman–Crippen MR) is 172 cm³/mol. The van der Waals surface area contributed by atoms with Crippen LogP contribution < -0.4 is 9.47 Å². The molecule has 6 nitrogen and oxygen atoms in total. The van der Waals surface area contributed by atoms with Gasteiger partial charge in [0.1, 0.15) is 5.56 Å². The van der Waals surface area contributed by atoms with Crippen LogP contribution >= 0.6 is 0 Å². The maximum absolute atomic E-state index is 13.7. The molecular formula is C38H56O6. The lowest BCUT2D eigenvalue weighted by atomic mass is 9.44. The normalized spacial score (nSPS) is 35.2. The molecule has 0 aliphatic heterocycles. The number of para-hydroxylation sites is 1. The van der Waals surface area contributed by atoms with Crippen LogP contribution in [-0.2, 0) is 9.59 Å². The van der Waals surface area contributed by atoms with E-state index in [9.17, 15) is 19.5 Å². The lowest BCUT2D eigenvalue weighted by Gasteiger charge is -2.61. The van der Waals surface area contributed by atoms with Crippen LogP contribution in [0, 0.1) is 58.2 Å². The summed E-state index contributed by atoms with van der Waals surface area (Å²) in [5, 5.41) is 9.81. The van der Waals surface area contributed by atoms with Crippen molar-refractivity contribution in [1.29, 1.82) is 0 Å². The largest absolute Gasteiger partial charge is 0.478 e. The highest BCUT2D eigenvalue weighted by Crippen LogP contribution is 2.70. The summed E-state index contributed by atoms with van der Waals surface area (Å²) in [5.74, 6) is 2.34. The number of hydrogen-bond acceptors (Lipinski definition) is 5. The standard InChI is InChI=1S/C38H56O6/c1-23(2)11-9-12-24(3)34-26(22-33(40)44-35-29(36(41)42)14-10-15-32(35)43-25(4)39)21-31-28-17-16-27-13-7-8-19-37(27,5)30(28)18-20-38(31,34)6/h10,14-15,23-24,26-28,30-31,34H,7-9,11-13,16-22H2,1-6H3,(H,41,42)/t24-,26?,27?,28-,30+,31+,34+,37+,38+/m1/s1. The van der Waals surface area contributed by atoms with E-state index in [-0.39, 0.29) is 34.8 Å². The van der Waals surface area contributed by atoms with Gasteiger partial charge in [-0.1, -0.05) is 72.8 Å². The van der Waals surface area contributed by atoms with Crippen molar-refractivity contribution in [3.8, 4) is 11.5 Å². The molecule has 4 fully saturated rings. The van der Waals surface area contributed by atoms with Gasteiger partial charge < -0.3 is 14.6 Å². The van der Waals surface area contributed by atoms with Crippen LogP contribution in [0.4, 0.5) is 0 Å². The molecule has 1 N–H and O–H groups in total. The van der Waals surface area contributed by atoms with Gasteiger partial charge in [0.25, 0.3) is 0 Å². The maximum Gasteiger partial charge on any atom is 0.339 e. The van der Waals surface area contributed by atoms with E-state index in [1.807, 2.05) is 0 Å². The number of carboxylic acid groups (broad SMARTS) is 1. The molecule has 0 saturated heterocycles. The zero-order valence-corrected chi connectivity index (χ0v) is 28.0. The Labute approximate surface area is 265 Å². The van der Waals surface area contributed by atoms with Crippen LogP contribution in [0.1, 0.15) is 135 Å². The molecule has 0 spiro atoms. The van der Waals surface area contributed by atoms with Crippen molar-refractivity contribution in [2.24, 2.45) is 58.2 Å². The molecule has 0 heterocycles. The van der Waals surface area contributed by atoms with E-state index in [2.05, 4.69) is 34.6 Å². The monoisotopic (exact) mass is 608 g/mol. The lowest BCUT2D eigenvalue weighted by molar-refractivity contribution is -0.137. The third-order valence-corrected chi connectivity index (χ3v) is 13.0. The summed E-state index contributed by atoms with van der Waals surface area (Å²) < 4.78 is 11.1. The molecule has 4 aliphatic rings. The predicted octanol–water partition coefficient (Wildman–Crippen LogP) is 9.34. The van der Waals surface area contributed by atoms with Gasteiger partial charge in [-0.2, -0.15) is 0 Å². The number of hydrogen-bond donors (Lipinski definition) is 1. The highest BCUT2D eigenvalue weighted by Gasteiger charge is 2.62. The fourth-order valence-electron chi connectivity index (χ4n) is 11.3. The molecule has 4 aliphatic carbocycles. The Hall–Kier alpha value is -2.37. The first-order valence-corrected chi connectivity index (χ1v) is 17.6. The number of carboxylic acids is 1. The SMILES string of the molecule is CC(=O)Oc1cccc(C(=O)O)c1OC(=O)CC1C[C@H]2[C@@H]3CCC4CCCC[C@]4(C)[C@H]3CC[C@]2(C)[C@H]1[C@H](C)CCCC(C)C. The van der Waals surface area contributed by atoms with E-state index in [1.165, 1.54) is 95.8 Å². The third kappa shape index (κ3) is 6.33. The average Bonchev–Trinajstić information content (AvgIpc) is 3.24. The molecular weight excluding hydrogens is 552 g/mol. The Morgan fingerprint density at radius 2 is 1.70 bits per heavy atom. The highest BCUT2D eigenvalue weighted by atomic mass is 16.6. The molecule has 0 amide bonds. The zero-order valence-electron chi connectivity index (χ0n) is 28.0. The third-order valence-electron chi connectivity index (χ3n) is 13.0. The van der Waals surface area contributed by atoms with Gasteiger partial charge in [-0.3, -0.25) is 9.59 Å². The van der Waals surface area contributed by atoms with Gasteiger partial charge in [0, 0.05) is 13.3 Å². The van der Waals surface area contributed by atoms with Crippen molar-refractivity contribution in [1.82, 2.24) is 0 Å². The van der Waals surface area contributed by atoms with Gasteiger partial charge in [0.05, 0.1) is 0 Å². The molecule has 2 unspecified atom stereocenters. The van der Waals surface area contributed by atoms with Crippen LogP contribution in [0.3, 0.4) is 0 Å². The van der Waals surface area contributed by atoms with Gasteiger partial charge in [-0.05, 0) is 115 Å². The second-order valence-electron chi connectivity index (χ2n) is 16.0. The van der Waals surface area contributed by atoms with Crippen LogP contribution in [-0.4, -0.2) is 23.0 Å². The van der Waals surface area contributed by atoms with Crippen LogP contribution in [0.2, 0.25) is 0 Å². The van der Waals surface area contributed by atoms with Crippen molar-refractivity contribution in [2.75, 3.05) is 0 Å². The van der Waals surface area contributed by atoms with Crippen LogP contribution in [0.15, 0.2) is 18.2 Å². The van der Waals surface area contributed by atoms with E-state index in [0.29, 0.717) is 29.1 Å². The quantitative estimate of drug-likeness (QED) is 0.210. The summed E-state index contributed by atoms with van der Waals surface area (Å²) >= 11 is 0. The Morgan fingerprint density at radius 1 is 0.932 bits per heavy atom. The maximum atomic E-state index is 13.7. The molecule has 5 rings (SSSR count). The first-order chi connectivity index (χ1) is 20.8. The topological polar surface area (TPSA) is 89.9 Å². The van der Waals surface area contributed by atoms with Crippen molar-refractivity contribution >= 4 is 17.9 Å². The van der Waals surface area contributed by atoms with Crippen molar-refractivity contribution in [3.05, 3.63) is 23.8 Å². The average molecular weight is 609 g/mol. The second-order valence-corrected chi connectivity index (χ2v) is 16.0. The first kappa shape index (κ1) is 33.0. The number of benzene rings is 1. The van der Waals surface area contributed by atoms with E-state index in [0.717, 1.165) is 24.2 Å². The Bertz CT molecular complexity index is 1220. The molecule has 0 radical (unpaired) electrons. The molecule has 0 bridgehead atoms. The molecule has 0 aromatic heterocycles. The molecule has 1 aromatic carbocycles. The van der Waals surface area contributed by atoms with Gasteiger partial charge in [0.2, 0.25) is 0 Å². The fourth-order valence-corrected chi connectivity index (χ4v) is 11.3. The van der Waals surface area contributed by atoms with E-state index >= 15 is 0 Å². The van der Waals surface area contributed by atoms with Gasteiger partial charge >= 0.3 is 17.9 Å². The molecule has 9 atom stereocenters. The van der Waals surface area contributed by atoms with Crippen molar-refractivity contribution in [2.45, 2.75) is 125 Å². The van der Waals surface area contributed by atoms with Crippen LogP contribution in [0.5, 0.6) is 11.5 Å². The van der Waals surface area contributed by atoms with Crippen molar-refractivity contribution < 1.29 is 29.0 Å². The number of ether oxygens (including phenoxy) is 2. The minimum atomic E-state index is -1.23. The minimum absolute atomic E-state index is 0.0308. The molecule has 244 valence electrons. The number of carbonyl (C=O) groups is 3. The highest BCUT2D eigenvalue weighted by molar-refractivity contribution is 5.93. The Kier molecular flexibility index (Phi) is 9.87. The summed E-state index contributed by atoms with van der Waals surface area (Å²) in [6, 6.07) is 4.35. The first-order valence-electron chi connectivity index (χ1n) is 17.6. The summed E-state index contributed by atoms with van der Waals surface area (Å²) in [5.41, 5.74) is 0.484. The van der Waals surface area contributed by atoms with E-state index in [1.54, 1.807) is 0 Å². The Morgan fingerprint density at radius 3 is 2.41 bits per heavy atom. The van der Waals surface area contributed by atoms with E-state index in [4.69, 9.17) is 9.47 Å². The molecule has 1 aromatic rings. The van der Waals surface area contributed by atoms with Crippen molar-refractivity contribution in [3.63, 3.8) is 0 Å². The number of fused-ring (bicyclic) bond motifs is 5. The van der Waals surface area contributed by atoms with Gasteiger partial charge in [-0.25, -0.2) is 4.79 Å². The second kappa shape index (κ2) is 13.2. The zero-order chi connectivity index (χ0) is 31.8. The summed E-state index contributed by atoms with van der Waals surface area (Å²) in [7, 11) is 0. The summed E-state index contributed by atoms with van der Waals surface area (Å²) in [6.45, 7) is 13.4. The fraction of sp³-hybridized carbons (Fsp3) is 0.763. The Balaban J connectivity index is 1.41. The number of carbonyl (C=O) groups excluding carboxylic acids is 2. The van der Waals surface area contributed by atoms with Gasteiger partial charge in [0.15, 0.2) is 11.5 Å². The number of rotatable bonds is 10. The van der Waals surface area contributed by atoms with Gasteiger partial charge in [-0.15, -0.1) is 0 Å². The van der Waals surface area contributed by atoms with E-state index < -0.39 is 17.9 Å². The number of esters is 2. The molecule has 44 heavy (non-hydrogen) atoms. The van der Waals surface area contributed by atoms with Crippen LogP contribution in [0.25, 0.3) is 0 Å². The summed E-state index contributed by atoms with van der Waals surface area (Å²) in [4.78, 5) is 37.5.